The van der Waals surface area contributed by atoms with E-state index in [1.54, 1.807) is 7.11 Å². The van der Waals surface area contributed by atoms with Gasteiger partial charge in [0, 0.05) is 29.2 Å². The highest BCUT2D eigenvalue weighted by Gasteiger charge is 2.26. The molecule has 18 heavy (non-hydrogen) atoms. The first-order chi connectivity index (χ1) is 8.83. The Kier molecular flexibility index (Phi) is 2.82. The van der Waals surface area contributed by atoms with Crippen molar-refractivity contribution in [2.45, 2.75) is 25.7 Å². The van der Waals surface area contributed by atoms with E-state index >= 15 is 0 Å². The Balaban J connectivity index is 2.22. The van der Waals surface area contributed by atoms with Gasteiger partial charge in [0.1, 0.15) is 11.3 Å². The zero-order valence-corrected chi connectivity index (χ0v) is 10.9. The molecule has 1 saturated carbocycles. The first kappa shape index (κ1) is 11.3. The molecule has 0 radical (unpaired) electrons. The zero-order chi connectivity index (χ0) is 12.5. The van der Waals surface area contributed by atoms with Gasteiger partial charge in [0.25, 0.3) is 0 Å². The molecule has 0 aliphatic heterocycles. The quantitative estimate of drug-likeness (QED) is 0.890. The molecule has 0 unspecified atom stereocenters. The molecule has 3 heteroatoms. The SMILES string of the molecule is CCNc1cc(C2CC2)nc2c(OC)cccc12. The molecule has 94 valence electrons. The van der Waals surface area contributed by atoms with Gasteiger partial charge in [0.2, 0.25) is 0 Å². The summed E-state index contributed by atoms with van der Waals surface area (Å²) in [5, 5.41) is 4.57. The summed E-state index contributed by atoms with van der Waals surface area (Å²) >= 11 is 0. The van der Waals surface area contributed by atoms with E-state index < -0.39 is 0 Å². The molecule has 1 aromatic carbocycles. The Morgan fingerprint density at radius 2 is 2.22 bits per heavy atom. The average Bonchev–Trinajstić information content (AvgIpc) is 3.22. The summed E-state index contributed by atoms with van der Waals surface area (Å²) in [5.41, 5.74) is 3.34. The van der Waals surface area contributed by atoms with Gasteiger partial charge in [-0.15, -0.1) is 0 Å². The van der Waals surface area contributed by atoms with Crippen molar-refractivity contribution in [3.05, 3.63) is 30.0 Å². The zero-order valence-electron chi connectivity index (χ0n) is 10.9. The predicted octanol–water partition coefficient (Wildman–Crippen LogP) is 3.55. The Bertz CT molecular complexity index is 576. The molecule has 1 aliphatic rings. The maximum absolute atomic E-state index is 5.43. The largest absolute Gasteiger partial charge is 0.494 e. The summed E-state index contributed by atoms with van der Waals surface area (Å²) in [6.45, 7) is 3.03. The normalized spacial score (nSPS) is 14.8. The molecule has 3 rings (SSSR count). The number of methoxy groups -OCH3 is 1. The molecular formula is C15H18N2O. The molecule has 1 aromatic heterocycles. The highest BCUT2D eigenvalue weighted by molar-refractivity contribution is 5.95. The monoisotopic (exact) mass is 242 g/mol. The number of nitrogens with one attached hydrogen (secondary N) is 1. The number of benzene rings is 1. The van der Waals surface area contributed by atoms with E-state index in [0.717, 1.165) is 23.2 Å². The van der Waals surface area contributed by atoms with E-state index in [1.807, 2.05) is 12.1 Å². The number of pyridine rings is 1. The van der Waals surface area contributed by atoms with Gasteiger partial charge < -0.3 is 10.1 Å². The Labute approximate surface area is 107 Å². The lowest BCUT2D eigenvalue weighted by Gasteiger charge is -2.12. The van der Waals surface area contributed by atoms with Gasteiger partial charge in [0.15, 0.2) is 0 Å². The standard InChI is InChI=1S/C15H18N2O/c1-3-16-13-9-12(10-7-8-10)17-15-11(13)5-4-6-14(15)18-2/h4-6,9-10H,3,7-8H2,1-2H3,(H,16,17). The van der Waals surface area contributed by atoms with Crippen LogP contribution in [0.1, 0.15) is 31.4 Å². The van der Waals surface area contributed by atoms with E-state index in [4.69, 9.17) is 9.72 Å². The van der Waals surface area contributed by atoms with Gasteiger partial charge in [-0.3, -0.25) is 0 Å². The summed E-state index contributed by atoms with van der Waals surface area (Å²) in [6.07, 6.45) is 2.53. The van der Waals surface area contributed by atoms with E-state index in [0.29, 0.717) is 5.92 Å². The van der Waals surface area contributed by atoms with Gasteiger partial charge in [-0.2, -0.15) is 0 Å². The molecule has 0 bridgehead atoms. The second-order valence-corrected chi connectivity index (χ2v) is 4.76. The minimum atomic E-state index is 0.650. The van der Waals surface area contributed by atoms with Gasteiger partial charge in [-0.1, -0.05) is 12.1 Å². The Morgan fingerprint density at radius 1 is 1.39 bits per heavy atom. The number of nitrogens with zero attached hydrogens (tertiary/aromatic N) is 1. The highest BCUT2D eigenvalue weighted by Crippen LogP contribution is 2.42. The fourth-order valence-electron chi connectivity index (χ4n) is 2.33. The number of anilines is 1. The number of hydrogen-bond donors (Lipinski definition) is 1. The van der Waals surface area contributed by atoms with Gasteiger partial charge >= 0.3 is 0 Å². The number of aromatic nitrogens is 1. The lowest BCUT2D eigenvalue weighted by Crippen LogP contribution is -2.01. The summed E-state index contributed by atoms with van der Waals surface area (Å²) in [4.78, 5) is 4.79. The van der Waals surface area contributed by atoms with Crippen LogP contribution in [0.5, 0.6) is 5.75 Å². The molecule has 2 aromatic rings. The van der Waals surface area contributed by atoms with Crippen LogP contribution >= 0.6 is 0 Å². The smallest absolute Gasteiger partial charge is 0.145 e. The van der Waals surface area contributed by atoms with Crippen LogP contribution in [0.15, 0.2) is 24.3 Å². The maximum Gasteiger partial charge on any atom is 0.145 e. The van der Waals surface area contributed by atoms with E-state index in [9.17, 15) is 0 Å². The summed E-state index contributed by atoms with van der Waals surface area (Å²) < 4.78 is 5.43. The van der Waals surface area contributed by atoms with E-state index in [1.165, 1.54) is 24.2 Å². The summed E-state index contributed by atoms with van der Waals surface area (Å²) in [7, 11) is 1.70. The lowest BCUT2D eigenvalue weighted by molar-refractivity contribution is 0.419. The van der Waals surface area contributed by atoms with Crippen LogP contribution in [-0.2, 0) is 0 Å². The fraction of sp³-hybridized carbons (Fsp3) is 0.400. The molecule has 0 saturated heterocycles. The van der Waals surface area contributed by atoms with Crippen molar-refractivity contribution >= 4 is 16.6 Å². The van der Waals surface area contributed by atoms with Crippen LogP contribution < -0.4 is 10.1 Å². The third-order valence-corrected chi connectivity index (χ3v) is 3.41. The first-order valence-corrected chi connectivity index (χ1v) is 6.55. The minimum Gasteiger partial charge on any atom is -0.494 e. The van der Waals surface area contributed by atoms with Crippen LogP contribution in [0, 0.1) is 0 Å². The minimum absolute atomic E-state index is 0.650. The second kappa shape index (κ2) is 4.48. The number of para-hydroxylation sites is 1. The van der Waals surface area contributed by atoms with Crippen LogP contribution in [-0.4, -0.2) is 18.6 Å². The van der Waals surface area contributed by atoms with Crippen LogP contribution in [0.3, 0.4) is 0 Å². The predicted molar refractivity (Wildman–Crippen MR) is 74.4 cm³/mol. The number of ether oxygens (including phenoxy) is 1. The lowest BCUT2D eigenvalue weighted by atomic mass is 10.1. The van der Waals surface area contributed by atoms with Crippen molar-refractivity contribution in [2.24, 2.45) is 0 Å². The third-order valence-electron chi connectivity index (χ3n) is 3.41. The van der Waals surface area contributed by atoms with Gasteiger partial charge in [-0.25, -0.2) is 4.98 Å². The Hall–Kier alpha value is -1.77. The molecular weight excluding hydrogens is 224 g/mol. The molecule has 1 aliphatic carbocycles. The number of rotatable bonds is 4. The Morgan fingerprint density at radius 3 is 2.89 bits per heavy atom. The first-order valence-electron chi connectivity index (χ1n) is 6.55. The fourth-order valence-corrected chi connectivity index (χ4v) is 2.33. The summed E-state index contributed by atoms with van der Waals surface area (Å²) in [6, 6.07) is 8.28. The maximum atomic E-state index is 5.43. The van der Waals surface area contributed by atoms with Crippen molar-refractivity contribution in [3.8, 4) is 5.75 Å². The van der Waals surface area contributed by atoms with Gasteiger partial charge in [0.05, 0.1) is 7.11 Å². The van der Waals surface area contributed by atoms with E-state index in [2.05, 4.69) is 24.4 Å². The molecule has 0 atom stereocenters. The van der Waals surface area contributed by atoms with Crippen LogP contribution in [0.4, 0.5) is 5.69 Å². The van der Waals surface area contributed by atoms with Crippen molar-refractivity contribution in [1.29, 1.82) is 0 Å². The van der Waals surface area contributed by atoms with Gasteiger partial charge in [-0.05, 0) is 31.9 Å². The van der Waals surface area contributed by atoms with Crippen LogP contribution in [0.25, 0.3) is 10.9 Å². The van der Waals surface area contributed by atoms with Crippen molar-refractivity contribution in [3.63, 3.8) is 0 Å². The topological polar surface area (TPSA) is 34.2 Å². The third kappa shape index (κ3) is 1.90. The second-order valence-electron chi connectivity index (χ2n) is 4.76. The molecule has 0 amide bonds. The number of hydrogen-bond acceptors (Lipinski definition) is 3. The molecule has 0 spiro atoms. The van der Waals surface area contributed by atoms with Crippen molar-refractivity contribution in [2.75, 3.05) is 19.0 Å². The average molecular weight is 242 g/mol. The molecule has 1 fully saturated rings. The molecule has 3 nitrogen and oxygen atoms in total. The van der Waals surface area contributed by atoms with Crippen molar-refractivity contribution < 1.29 is 4.74 Å². The summed E-state index contributed by atoms with van der Waals surface area (Å²) in [5.74, 6) is 1.51. The van der Waals surface area contributed by atoms with Crippen LogP contribution in [0.2, 0.25) is 0 Å². The molecule has 1 heterocycles. The molecule has 1 N–H and O–H groups in total. The van der Waals surface area contributed by atoms with E-state index in [-0.39, 0.29) is 0 Å². The van der Waals surface area contributed by atoms with Crippen molar-refractivity contribution in [1.82, 2.24) is 4.98 Å². The number of fused-ring (bicyclic) bond motifs is 1. The highest BCUT2D eigenvalue weighted by atomic mass is 16.5.